The third-order valence-corrected chi connectivity index (χ3v) is 6.55. The fourth-order valence-electron chi connectivity index (χ4n) is 4.08. The molecule has 1 fully saturated rings. The Kier molecular flexibility index (Phi) is 6.79. The summed E-state index contributed by atoms with van der Waals surface area (Å²) in [6, 6.07) is 7.79. The smallest absolute Gasteiger partial charge is 0.224 e. The van der Waals surface area contributed by atoms with Crippen LogP contribution >= 0.6 is 11.3 Å². The van der Waals surface area contributed by atoms with Crippen LogP contribution in [0, 0.1) is 5.92 Å². The molecule has 7 heteroatoms. The van der Waals surface area contributed by atoms with E-state index in [2.05, 4.69) is 27.1 Å². The Bertz CT molecular complexity index is 960. The third-order valence-electron chi connectivity index (χ3n) is 5.87. The van der Waals surface area contributed by atoms with Crippen molar-refractivity contribution in [1.82, 2.24) is 15.0 Å². The molecule has 0 unspecified atom stereocenters. The summed E-state index contributed by atoms with van der Waals surface area (Å²) in [5.74, 6) is 0.758. The van der Waals surface area contributed by atoms with Crippen LogP contribution in [0.4, 0.5) is 11.4 Å². The van der Waals surface area contributed by atoms with Gasteiger partial charge in [-0.1, -0.05) is 43.4 Å². The largest absolute Gasteiger partial charge is 0.397 e. The van der Waals surface area contributed by atoms with E-state index < -0.39 is 0 Å². The number of carbonyl (C=O) groups is 1. The molecule has 0 bridgehead atoms. The minimum absolute atomic E-state index is 0.0686. The average molecular weight is 424 g/mol. The van der Waals surface area contributed by atoms with Crippen molar-refractivity contribution in [2.75, 3.05) is 11.1 Å². The van der Waals surface area contributed by atoms with Crippen molar-refractivity contribution in [2.45, 2.75) is 57.9 Å². The van der Waals surface area contributed by atoms with Crippen LogP contribution < -0.4 is 11.1 Å². The molecule has 1 saturated carbocycles. The minimum atomic E-state index is -0.0686. The molecule has 3 N–H and O–H groups in total. The normalized spacial score (nSPS) is 14.7. The van der Waals surface area contributed by atoms with Crippen LogP contribution in [0.15, 0.2) is 41.2 Å². The third kappa shape index (κ3) is 5.48. The number of hydrogen-bond acceptors (Lipinski definition) is 5. The van der Waals surface area contributed by atoms with Crippen LogP contribution in [-0.2, 0) is 17.8 Å². The summed E-state index contributed by atoms with van der Waals surface area (Å²) in [5, 5.41) is 15.5. The van der Waals surface area contributed by atoms with E-state index in [9.17, 15) is 4.79 Å². The highest BCUT2D eigenvalue weighted by Crippen LogP contribution is 2.29. The van der Waals surface area contributed by atoms with Crippen molar-refractivity contribution in [3.8, 4) is 11.1 Å². The van der Waals surface area contributed by atoms with Crippen molar-refractivity contribution in [2.24, 2.45) is 5.92 Å². The Hall–Kier alpha value is -2.67. The molecule has 1 amide bonds. The van der Waals surface area contributed by atoms with E-state index in [0.29, 0.717) is 24.2 Å². The maximum Gasteiger partial charge on any atom is 0.224 e. The molecule has 1 aromatic carbocycles. The Morgan fingerprint density at radius 3 is 2.87 bits per heavy atom. The first-order valence-corrected chi connectivity index (χ1v) is 11.7. The van der Waals surface area contributed by atoms with Crippen molar-refractivity contribution in [1.29, 1.82) is 0 Å². The molecule has 1 aliphatic rings. The monoisotopic (exact) mass is 423 g/mol. The molecule has 0 spiro atoms. The Balaban J connectivity index is 1.27. The van der Waals surface area contributed by atoms with E-state index in [0.717, 1.165) is 29.3 Å². The topological polar surface area (TPSA) is 85.8 Å². The van der Waals surface area contributed by atoms with E-state index in [4.69, 9.17) is 5.73 Å². The number of nitrogens with two attached hydrogens (primary N) is 1. The van der Waals surface area contributed by atoms with E-state index >= 15 is 0 Å². The predicted molar refractivity (Wildman–Crippen MR) is 122 cm³/mol. The van der Waals surface area contributed by atoms with Crippen LogP contribution in [0.2, 0.25) is 0 Å². The minimum Gasteiger partial charge on any atom is -0.397 e. The van der Waals surface area contributed by atoms with Crippen molar-refractivity contribution in [3.63, 3.8) is 0 Å². The average Bonchev–Trinajstić information content (AvgIpc) is 3.45. The number of rotatable bonds is 8. The van der Waals surface area contributed by atoms with Crippen LogP contribution in [0.1, 0.15) is 50.6 Å². The summed E-state index contributed by atoms with van der Waals surface area (Å²) in [6.45, 7) is 0.912. The Morgan fingerprint density at radius 2 is 2.07 bits per heavy atom. The van der Waals surface area contributed by atoms with Gasteiger partial charge in [0.05, 0.1) is 17.1 Å². The van der Waals surface area contributed by atoms with E-state index in [1.807, 2.05) is 34.5 Å². The molecule has 158 valence electrons. The molecule has 1 aliphatic carbocycles. The first-order chi connectivity index (χ1) is 14.7. The molecule has 4 rings (SSSR count). The summed E-state index contributed by atoms with van der Waals surface area (Å²) >= 11 is 1.64. The van der Waals surface area contributed by atoms with Gasteiger partial charge in [0.25, 0.3) is 0 Å². The summed E-state index contributed by atoms with van der Waals surface area (Å²) < 4.78 is 1.92. The van der Waals surface area contributed by atoms with Gasteiger partial charge >= 0.3 is 0 Å². The molecule has 0 saturated heterocycles. The fraction of sp³-hybridized carbons (Fsp3) is 0.435. The lowest BCUT2D eigenvalue weighted by Crippen LogP contribution is -2.13. The van der Waals surface area contributed by atoms with Crippen LogP contribution in [-0.4, -0.2) is 20.9 Å². The number of thiophene rings is 1. The summed E-state index contributed by atoms with van der Waals surface area (Å²) in [7, 11) is 0. The number of hydrogen-bond donors (Lipinski definition) is 2. The van der Waals surface area contributed by atoms with Gasteiger partial charge in [-0.25, -0.2) is 0 Å². The Morgan fingerprint density at radius 1 is 1.20 bits per heavy atom. The van der Waals surface area contributed by atoms with Gasteiger partial charge in [-0.2, -0.15) is 11.3 Å². The van der Waals surface area contributed by atoms with Gasteiger partial charge in [-0.15, -0.1) is 5.10 Å². The van der Waals surface area contributed by atoms with Crippen molar-refractivity contribution >= 4 is 28.6 Å². The summed E-state index contributed by atoms with van der Waals surface area (Å²) in [4.78, 5) is 12.5. The number of anilines is 2. The van der Waals surface area contributed by atoms with Crippen LogP contribution in [0.25, 0.3) is 11.1 Å². The van der Waals surface area contributed by atoms with Gasteiger partial charge < -0.3 is 11.1 Å². The number of nitrogen functional groups attached to an aromatic ring is 1. The molecule has 6 nitrogen and oxygen atoms in total. The number of amides is 1. The van der Waals surface area contributed by atoms with Gasteiger partial charge in [0, 0.05) is 25.6 Å². The SMILES string of the molecule is Nc1ccc(-c2ccsc2)cc1NC(=O)CCc1cn(CCC2CCCCC2)nn1. The van der Waals surface area contributed by atoms with Crippen molar-refractivity contribution in [3.05, 3.63) is 46.9 Å². The zero-order valence-corrected chi connectivity index (χ0v) is 18.0. The van der Waals surface area contributed by atoms with E-state index in [1.165, 1.54) is 38.5 Å². The van der Waals surface area contributed by atoms with E-state index in [1.54, 1.807) is 11.3 Å². The first-order valence-electron chi connectivity index (χ1n) is 10.8. The van der Waals surface area contributed by atoms with Gasteiger partial charge in [-0.05, 0) is 52.4 Å². The van der Waals surface area contributed by atoms with Gasteiger partial charge in [0.15, 0.2) is 0 Å². The fourth-order valence-corrected chi connectivity index (χ4v) is 4.75. The molecule has 3 aromatic rings. The number of aryl methyl sites for hydroxylation is 2. The highest BCUT2D eigenvalue weighted by molar-refractivity contribution is 7.08. The maximum atomic E-state index is 12.5. The molecular formula is C23H29N5OS. The standard InChI is InChI=1S/C23H29N5OS/c24-21-8-6-18(19-11-13-30-16-19)14-22(21)25-23(29)9-7-20-15-28(27-26-20)12-10-17-4-2-1-3-5-17/h6,8,11,13-17H,1-5,7,9-10,12,24H2,(H,25,29). The second kappa shape index (κ2) is 9.89. The zero-order valence-electron chi connectivity index (χ0n) is 17.2. The summed E-state index contributed by atoms with van der Waals surface area (Å²) in [6.07, 6.45) is 10.9. The second-order valence-corrected chi connectivity index (χ2v) is 8.91. The molecule has 30 heavy (non-hydrogen) atoms. The molecule has 2 heterocycles. The zero-order chi connectivity index (χ0) is 20.8. The molecule has 0 atom stereocenters. The van der Waals surface area contributed by atoms with Gasteiger partial charge in [-0.3, -0.25) is 9.48 Å². The van der Waals surface area contributed by atoms with Crippen LogP contribution in [0.3, 0.4) is 0 Å². The maximum absolute atomic E-state index is 12.5. The molecule has 0 radical (unpaired) electrons. The quantitative estimate of drug-likeness (QED) is 0.492. The lowest BCUT2D eigenvalue weighted by Gasteiger charge is -2.20. The highest BCUT2D eigenvalue weighted by atomic mass is 32.1. The van der Waals surface area contributed by atoms with Gasteiger partial charge in [0.2, 0.25) is 5.91 Å². The summed E-state index contributed by atoms with van der Waals surface area (Å²) in [5.41, 5.74) is 10.3. The van der Waals surface area contributed by atoms with Crippen LogP contribution in [0.5, 0.6) is 0 Å². The highest BCUT2D eigenvalue weighted by Gasteiger charge is 2.14. The predicted octanol–water partition coefficient (Wildman–Crippen LogP) is 5.13. The van der Waals surface area contributed by atoms with Crippen molar-refractivity contribution < 1.29 is 4.79 Å². The number of benzene rings is 1. The number of carbonyl (C=O) groups excluding carboxylic acids is 1. The molecule has 0 aliphatic heterocycles. The lowest BCUT2D eigenvalue weighted by molar-refractivity contribution is -0.116. The molecular weight excluding hydrogens is 394 g/mol. The van der Waals surface area contributed by atoms with Gasteiger partial charge in [0.1, 0.15) is 0 Å². The first kappa shape index (κ1) is 20.6. The number of nitrogens with zero attached hydrogens (tertiary/aromatic N) is 3. The number of aromatic nitrogens is 3. The second-order valence-electron chi connectivity index (χ2n) is 8.13. The molecule has 2 aromatic heterocycles. The Labute approximate surface area is 181 Å². The number of nitrogens with one attached hydrogen (secondary N) is 1. The lowest BCUT2D eigenvalue weighted by atomic mass is 9.87. The van der Waals surface area contributed by atoms with E-state index in [-0.39, 0.29) is 5.91 Å².